The lowest BCUT2D eigenvalue weighted by atomic mass is 10.2. The predicted molar refractivity (Wildman–Crippen MR) is 67.8 cm³/mol. The molecule has 1 aromatic carbocycles. The van der Waals surface area contributed by atoms with Crippen LogP contribution in [0.4, 0.5) is 23.7 Å². The first-order valence-corrected chi connectivity index (χ1v) is 6.08. The van der Waals surface area contributed by atoms with Crippen LogP contribution in [-0.2, 0) is 6.18 Å². The molecule has 0 radical (unpaired) electrons. The SMILES string of the molecule is CC(CO)NC(=O)Nc1cc(Br)cc(C(F)(F)F)c1. The Bertz CT molecular complexity index is 466. The second kappa shape index (κ2) is 6.25. The molecule has 1 rings (SSSR count). The van der Waals surface area contributed by atoms with E-state index in [9.17, 15) is 18.0 Å². The van der Waals surface area contributed by atoms with E-state index in [2.05, 4.69) is 26.6 Å². The van der Waals surface area contributed by atoms with Gasteiger partial charge in [0.15, 0.2) is 0 Å². The predicted octanol–water partition coefficient (Wildman–Crippen LogP) is 2.97. The topological polar surface area (TPSA) is 61.4 Å². The minimum absolute atomic E-state index is 0.00402. The molecule has 3 N–H and O–H groups in total. The summed E-state index contributed by atoms with van der Waals surface area (Å²) in [4.78, 5) is 11.4. The Hall–Kier alpha value is -1.28. The van der Waals surface area contributed by atoms with Gasteiger partial charge in [-0.15, -0.1) is 0 Å². The lowest BCUT2D eigenvalue weighted by molar-refractivity contribution is -0.137. The average molecular weight is 341 g/mol. The van der Waals surface area contributed by atoms with E-state index in [1.165, 1.54) is 6.07 Å². The smallest absolute Gasteiger partial charge is 0.394 e. The van der Waals surface area contributed by atoms with Crippen molar-refractivity contribution in [2.24, 2.45) is 0 Å². The number of aliphatic hydroxyl groups excluding tert-OH is 1. The molecule has 2 amide bonds. The second-order valence-electron chi connectivity index (χ2n) is 3.91. The Morgan fingerprint density at radius 1 is 1.42 bits per heavy atom. The molecular formula is C11H12BrF3N2O2. The Morgan fingerprint density at radius 2 is 2.05 bits per heavy atom. The van der Waals surface area contributed by atoms with Gasteiger partial charge < -0.3 is 15.7 Å². The second-order valence-corrected chi connectivity index (χ2v) is 4.82. The molecule has 0 aliphatic rings. The van der Waals surface area contributed by atoms with E-state index in [0.717, 1.165) is 12.1 Å². The molecule has 1 unspecified atom stereocenters. The minimum atomic E-state index is -4.49. The number of nitrogens with one attached hydrogen (secondary N) is 2. The van der Waals surface area contributed by atoms with Crippen LogP contribution in [0.2, 0.25) is 0 Å². The Labute approximate surface area is 116 Å². The van der Waals surface area contributed by atoms with Crippen molar-refractivity contribution >= 4 is 27.6 Å². The fourth-order valence-electron chi connectivity index (χ4n) is 1.26. The number of alkyl halides is 3. The lowest BCUT2D eigenvalue weighted by Gasteiger charge is -2.14. The van der Waals surface area contributed by atoms with Gasteiger partial charge in [-0.05, 0) is 25.1 Å². The standard InChI is InChI=1S/C11H12BrF3N2O2/c1-6(5-18)16-10(19)17-9-3-7(11(13,14)15)2-8(12)4-9/h2-4,6,18H,5H2,1H3,(H2,16,17,19). The number of amides is 2. The van der Waals surface area contributed by atoms with Crippen molar-refractivity contribution in [3.8, 4) is 0 Å². The summed E-state index contributed by atoms with van der Waals surface area (Å²) in [7, 11) is 0. The number of hydrogen-bond donors (Lipinski definition) is 3. The van der Waals surface area contributed by atoms with Crippen LogP contribution in [0.1, 0.15) is 12.5 Å². The summed E-state index contributed by atoms with van der Waals surface area (Å²) < 4.78 is 37.9. The molecule has 4 nitrogen and oxygen atoms in total. The molecular weight excluding hydrogens is 329 g/mol. The fourth-order valence-corrected chi connectivity index (χ4v) is 1.76. The van der Waals surface area contributed by atoms with Gasteiger partial charge in [-0.1, -0.05) is 15.9 Å². The summed E-state index contributed by atoms with van der Waals surface area (Å²) in [5.74, 6) is 0. The number of carbonyl (C=O) groups excluding carboxylic acids is 1. The van der Waals surface area contributed by atoms with Gasteiger partial charge in [0.05, 0.1) is 18.2 Å². The zero-order valence-electron chi connectivity index (χ0n) is 9.88. The first-order valence-electron chi connectivity index (χ1n) is 5.28. The van der Waals surface area contributed by atoms with E-state index in [1.807, 2.05) is 0 Å². The highest BCUT2D eigenvalue weighted by molar-refractivity contribution is 9.10. The highest BCUT2D eigenvalue weighted by Gasteiger charge is 2.31. The molecule has 106 valence electrons. The number of carbonyl (C=O) groups is 1. The van der Waals surface area contributed by atoms with E-state index < -0.39 is 23.8 Å². The van der Waals surface area contributed by atoms with Crippen LogP contribution in [-0.4, -0.2) is 23.8 Å². The summed E-state index contributed by atoms with van der Waals surface area (Å²) in [5, 5.41) is 13.4. The summed E-state index contributed by atoms with van der Waals surface area (Å²) in [6, 6.07) is 1.91. The van der Waals surface area contributed by atoms with Gasteiger partial charge in [0.2, 0.25) is 0 Å². The van der Waals surface area contributed by atoms with E-state index in [-0.39, 0.29) is 16.8 Å². The minimum Gasteiger partial charge on any atom is -0.394 e. The average Bonchev–Trinajstić information content (AvgIpc) is 2.26. The number of benzene rings is 1. The third-order valence-electron chi connectivity index (χ3n) is 2.13. The third-order valence-corrected chi connectivity index (χ3v) is 2.59. The highest BCUT2D eigenvalue weighted by Crippen LogP contribution is 2.33. The molecule has 0 aromatic heterocycles. The molecule has 0 spiro atoms. The van der Waals surface area contributed by atoms with Crippen LogP contribution >= 0.6 is 15.9 Å². The molecule has 19 heavy (non-hydrogen) atoms. The van der Waals surface area contributed by atoms with Gasteiger partial charge >= 0.3 is 12.2 Å². The summed E-state index contributed by atoms with van der Waals surface area (Å²) >= 11 is 2.95. The fraction of sp³-hybridized carbons (Fsp3) is 0.364. The molecule has 1 atom stereocenters. The highest BCUT2D eigenvalue weighted by atomic mass is 79.9. The summed E-state index contributed by atoms with van der Waals surface area (Å²) in [6.45, 7) is 1.29. The van der Waals surface area contributed by atoms with Crippen LogP contribution in [0.25, 0.3) is 0 Å². The van der Waals surface area contributed by atoms with Crippen molar-refractivity contribution in [3.63, 3.8) is 0 Å². The van der Waals surface area contributed by atoms with Crippen LogP contribution in [0, 0.1) is 0 Å². The monoisotopic (exact) mass is 340 g/mol. The molecule has 0 fully saturated rings. The number of halogens is 4. The summed E-state index contributed by atoms with van der Waals surface area (Å²) in [5.41, 5.74) is -0.864. The quantitative estimate of drug-likeness (QED) is 0.792. The molecule has 0 bridgehead atoms. The van der Waals surface area contributed by atoms with Gasteiger partial charge in [0.1, 0.15) is 0 Å². The molecule has 0 heterocycles. The zero-order valence-corrected chi connectivity index (χ0v) is 11.5. The van der Waals surface area contributed by atoms with Crippen molar-refractivity contribution in [2.75, 3.05) is 11.9 Å². The van der Waals surface area contributed by atoms with E-state index in [0.29, 0.717) is 0 Å². The number of aliphatic hydroxyl groups is 1. The molecule has 0 saturated carbocycles. The van der Waals surface area contributed by atoms with Gasteiger partial charge in [0.25, 0.3) is 0 Å². The van der Waals surface area contributed by atoms with E-state index in [1.54, 1.807) is 6.92 Å². The van der Waals surface area contributed by atoms with Crippen molar-refractivity contribution in [1.29, 1.82) is 0 Å². The van der Waals surface area contributed by atoms with Crippen LogP contribution < -0.4 is 10.6 Å². The number of anilines is 1. The largest absolute Gasteiger partial charge is 0.416 e. The Balaban J connectivity index is 2.84. The number of rotatable bonds is 3. The lowest BCUT2D eigenvalue weighted by Crippen LogP contribution is -2.38. The first kappa shape index (κ1) is 15.8. The van der Waals surface area contributed by atoms with Gasteiger partial charge in [-0.2, -0.15) is 13.2 Å². The van der Waals surface area contributed by atoms with E-state index >= 15 is 0 Å². The number of urea groups is 1. The van der Waals surface area contributed by atoms with Crippen LogP contribution in [0.5, 0.6) is 0 Å². The molecule has 1 aromatic rings. The first-order chi connectivity index (χ1) is 8.72. The third kappa shape index (κ3) is 5.07. The zero-order chi connectivity index (χ0) is 14.6. The maximum atomic E-state index is 12.6. The van der Waals surface area contributed by atoms with Crippen molar-refractivity contribution < 1.29 is 23.1 Å². The van der Waals surface area contributed by atoms with Gasteiger partial charge in [0, 0.05) is 10.2 Å². The maximum Gasteiger partial charge on any atom is 0.416 e. The maximum absolute atomic E-state index is 12.6. The molecule has 8 heteroatoms. The van der Waals surface area contributed by atoms with Crippen LogP contribution in [0.15, 0.2) is 22.7 Å². The van der Waals surface area contributed by atoms with Crippen molar-refractivity contribution in [2.45, 2.75) is 19.1 Å². The van der Waals surface area contributed by atoms with Crippen molar-refractivity contribution in [1.82, 2.24) is 5.32 Å². The molecule has 0 aliphatic carbocycles. The number of hydrogen-bond acceptors (Lipinski definition) is 2. The molecule has 0 saturated heterocycles. The van der Waals surface area contributed by atoms with Crippen molar-refractivity contribution in [3.05, 3.63) is 28.2 Å². The van der Waals surface area contributed by atoms with Crippen LogP contribution in [0.3, 0.4) is 0 Å². The van der Waals surface area contributed by atoms with E-state index in [4.69, 9.17) is 5.11 Å². The van der Waals surface area contributed by atoms with Gasteiger partial charge in [-0.25, -0.2) is 4.79 Å². The summed E-state index contributed by atoms with van der Waals surface area (Å²) in [6.07, 6.45) is -4.49. The Morgan fingerprint density at radius 3 is 2.58 bits per heavy atom. The Kier molecular flexibility index (Phi) is 5.19. The van der Waals surface area contributed by atoms with Gasteiger partial charge in [-0.3, -0.25) is 0 Å². The normalized spacial score (nSPS) is 12.9. The molecule has 0 aliphatic heterocycles.